The number of benzene rings is 1. The van der Waals surface area contributed by atoms with E-state index in [9.17, 15) is 4.79 Å². The first-order chi connectivity index (χ1) is 9.30. The van der Waals surface area contributed by atoms with Crippen LogP contribution in [0.2, 0.25) is 0 Å². The first-order valence-corrected chi connectivity index (χ1v) is 6.72. The minimum absolute atomic E-state index is 0.332. The summed E-state index contributed by atoms with van der Waals surface area (Å²) in [5.41, 5.74) is 2.60. The van der Waals surface area contributed by atoms with Crippen molar-refractivity contribution < 1.29 is 4.79 Å². The molecule has 100 valence electrons. The van der Waals surface area contributed by atoms with Gasteiger partial charge >= 0.3 is 0 Å². The average molecular weight is 257 g/mol. The molecule has 0 aliphatic rings. The van der Waals surface area contributed by atoms with Gasteiger partial charge in [-0.2, -0.15) is 0 Å². The van der Waals surface area contributed by atoms with Gasteiger partial charge in [-0.1, -0.05) is 49.4 Å². The highest BCUT2D eigenvalue weighted by Crippen LogP contribution is 2.24. The molecule has 4 nitrogen and oxygen atoms in total. The number of nitrogens with zero attached hydrogens (tertiary/aromatic N) is 3. The van der Waals surface area contributed by atoms with E-state index in [4.69, 9.17) is 0 Å². The Balaban J connectivity index is 2.35. The summed E-state index contributed by atoms with van der Waals surface area (Å²) in [7, 11) is 0. The molecular formula is C15H19N3O. The van der Waals surface area contributed by atoms with Crippen LogP contribution in [0.4, 0.5) is 0 Å². The van der Waals surface area contributed by atoms with E-state index in [-0.39, 0.29) is 0 Å². The van der Waals surface area contributed by atoms with E-state index >= 15 is 0 Å². The van der Waals surface area contributed by atoms with E-state index in [2.05, 4.69) is 36.3 Å². The van der Waals surface area contributed by atoms with Gasteiger partial charge in [0.2, 0.25) is 0 Å². The number of hydrogen-bond acceptors (Lipinski definition) is 3. The third-order valence-corrected chi connectivity index (χ3v) is 3.46. The quantitative estimate of drug-likeness (QED) is 0.747. The summed E-state index contributed by atoms with van der Waals surface area (Å²) in [4.78, 5) is 11.1. The van der Waals surface area contributed by atoms with E-state index < -0.39 is 0 Å². The minimum atomic E-state index is 0.332. The van der Waals surface area contributed by atoms with Gasteiger partial charge in [-0.05, 0) is 18.4 Å². The van der Waals surface area contributed by atoms with Crippen LogP contribution in [-0.4, -0.2) is 21.3 Å². The fraction of sp³-hybridized carbons (Fsp3) is 0.400. The van der Waals surface area contributed by atoms with Crippen LogP contribution in [0.3, 0.4) is 0 Å². The second-order valence-corrected chi connectivity index (χ2v) is 4.63. The molecule has 19 heavy (non-hydrogen) atoms. The number of rotatable bonds is 6. The zero-order chi connectivity index (χ0) is 13.7. The molecule has 2 aromatic rings. The Bertz CT molecular complexity index is 530. The van der Waals surface area contributed by atoms with E-state index in [1.807, 2.05) is 22.9 Å². The van der Waals surface area contributed by atoms with Gasteiger partial charge in [-0.15, -0.1) is 5.10 Å². The van der Waals surface area contributed by atoms with Crippen LogP contribution in [0.25, 0.3) is 0 Å². The van der Waals surface area contributed by atoms with Crippen molar-refractivity contribution in [3.63, 3.8) is 0 Å². The van der Waals surface area contributed by atoms with Crippen LogP contribution in [0.1, 0.15) is 54.4 Å². The monoisotopic (exact) mass is 257 g/mol. The molecule has 0 bridgehead atoms. The van der Waals surface area contributed by atoms with Gasteiger partial charge in [0.1, 0.15) is 5.69 Å². The molecule has 0 spiro atoms. The van der Waals surface area contributed by atoms with E-state index in [1.54, 1.807) is 0 Å². The van der Waals surface area contributed by atoms with E-state index in [0.29, 0.717) is 18.2 Å². The van der Waals surface area contributed by atoms with Crippen molar-refractivity contribution in [2.24, 2.45) is 0 Å². The molecule has 1 aromatic heterocycles. The summed E-state index contributed by atoms with van der Waals surface area (Å²) >= 11 is 0. The Morgan fingerprint density at radius 1 is 1.21 bits per heavy atom. The van der Waals surface area contributed by atoms with Gasteiger partial charge in [0, 0.05) is 5.92 Å². The summed E-state index contributed by atoms with van der Waals surface area (Å²) in [5, 5.41) is 8.13. The largest absolute Gasteiger partial charge is 0.296 e. The molecule has 0 aliphatic carbocycles. The van der Waals surface area contributed by atoms with Crippen molar-refractivity contribution in [2.45, 2.75) is 39.2 Å². The molecule has 0 radical (unpaired) electrons. The normalized spacial score (nSPS) is 10.9. The van der Waals surface area contributed by atoms with Gasteiger partial charge in [-0.25, -0.2) is 4.68 Å². The molecule has 0 saturated carbocycles. The lowest BCUT2D eigenvalue weighted by molar-refractivity contribution is 0.111. The number of hydrogen-bond donors (Lipinski definition) is 0. The number of aromatic nitrogens is 3. The molecule has 0 unspecified atom stereocenters. The molecule has 0 atom stereocenters. The highest BCUT2D eigenvalue weighted by atomic mass is 16.1. The van der Waals surface area contributed by atoms with Crippen molar-refractivity contribution in [1.82, 2.24) is 15.0 Å². The minimum Gasteiger partial charge on any atom is -0.296 e. The van der Waals surface area contributed by atoms with Crippen LogP contribution in [-0.2, 0) is 6.54 Å². The van der Waals surface area contributed by atoms with E-state index in [1.165, 1.54) is 0 Å². The molecule has 0 N–H and O–H groups in total. The topological polar surface area (TPSA) is 47.8 Å². The second kappa shape index (κ2) is 6.27. The Morgan fingerprint density at radius 3 is 2.47 bits per heavy atom. The fourth-order valence-electron chi connectivity index (χ4n) is 2.39. The van der Waals surface area contributed by atoms with Crippen molar-refractivity contribution in [2.75, 3.05) is 0 Å². The summed E-state index contributed by atoms with van der Waals surface area (Å²) in [6.07, 6.45) is 2.78. The lowest BCUT2D eigenvalue weighted by atomic mass is 9.97. The maximum Gasteiger partial charge on any atom is 0.172 e. The zero-order valence-corrected chi connectivity index (χ0v) is 11.4. The second-order valence-electron chi connectivity index (χ2n) is 4.63. The van der Waals surface area contributed by atoms with Crippen LogP contribution in [0.5, 0.6) is 0 Å². The third-order valence-electron chi connectivity index (χ3n) is 3.46. The highest BCUT2D eigenvalue weighted by molar-refractivity contribution is 5.73. The maximum atomic E-state index is 11.1. The Hall–Kier alpha value is -1.97. The average Bonchev–Trinajstić information content (AvgIpc) is 2.85. The predicted octanol–water partition coefficient (Wildman–Crippen LogP) is 3.04. The van der Waals surface area contributed by atoms with Crippen molar-refractivity contribution >= 4 is 6.29 Å². The molecule has 4 heteroatoms. The lowest BCUT2D eigenvalue weighted by Gasteiger charge is -2.14. The first kappa shape index (κ1) is 13.5. The maximum absolute atomic E-state index is 11.1. The number of carbonyl (C=O) groups excluding carboxylic acids is 1. The summed E-state index contributed by atoms with van der Waals surface area (Å²) in [5.74, 6) is 0.332. The number of aldehydes is 1. The van der Waals surface area contributed by atoms with Crippen molar-refractivity contribution in [3.8, 4) is 0 Å². The molecule has 2 rings (SSSR count). The van der Waals surface area contributed by atoms with Crippen LogP contribution < -0.4 is 0 Å². The van der Waals surface area contributed by atoms with Crippen molar-refractivity contribution in [1.29, 1.82) is 0 Å². The summed E-state index contributed by atoms with van der Waals surface area (Å²) in [6, 6.07) is 10.1. The Kier molecular flexibility index (Phi) is 4.44. The van der Waals surface area contributed by atoms with Crippen molar-refractivity contribution in [3.05, 3.63) is 47.3 Å². The number of carbonyl (C=O) groups is 1. The third kappa shape index (κ3) is 2.89. The zero-order valence-electron chi connectivity index (χ0n) is 11.4. The molecule has 0 saturated heterocycles. The van der Waals surface area contributed by atoms with Crippen LogP contribution in [0, 0.1) is 0 Å². The fourth-order valence-corrected chi connectivity index (χ4v) is 2.39. The lowest BCUT2D eigenvalue weighted by Crippen LogP contribution is -2.11. The van der Waals surface area contributed by atoms with Gasteiger partial charge < -0.3 is 0 Å². The predicted molar refractivity (Wildman–Crippen MR) is 74.3 cm³/mol. The standard InChI is InChI=1S/C15H19N3O/c1-3-13(4-2)15-14(11-19)16-17-18(15)10-12-8-6-5-7-9-12/h5-9,11,13H,3-4,10H2,1-2H3. The Labute approximate surface area is 113 Å². The van der Waals surface area contributed by atoms with Gasteiger partial charge in [0.15, 0.2) is 6.29 Å². The van der Waals surface area contributed by atoms with Gasteiger partial charge in [-0.3, -0.25) is 4.79 Å². The van der Waals surface area contributed by atoms with Crippen LogP contribution in [0.15, 0.2) is 30.3 Å². The van der Waals surface area contributed by atoms with Crippen LogP contribution >= 0.6 is 0 Å². The van der Waals surface area contributed by atoms with E-state index in [0.717, 1.165) is 30.4 Å². The molecular weight excluding hydrogens is 238 g/mol. The molecule has 0 fully saturated rings. The molecule has 0 aliphatic heterocycles. The molecule has 0 amide bonds. The summed E-state index contributed by atoms with van der Waals surface area (Å²) in [6.45, 7) is 4.92. The van der Waals surface area contributed by atoms with Gasteiger partial charge in [0.05, 0.1) is 12.2 Å². The first-order valence-electron chi connectivity index (χ1n) is 6.72. The SMILES string of the molecule is CCC(CC)c1c(C=O)nnn1Cc1ccccc1. The Morgan fingerprint density at radius 2 is 1.89 bits per heavy atom. The smallest absolute Gasteiger partial charge is 0.172 e. The molecule has 1 aromatic carbocycles. The summed E-state index contributed by atoms with van der Waals surface area (Å²) < 4.78 is 1.86. The van der Waals surface area contributed by atoms with Gasteiger partial charge in [0.25, 0.3) is 0 Å². The highest BCUT2D eigenvalue weighted by Gasteiger charge is 2.19. The molecule has 1 heterocycles.